The minimum absolute atomic E-state index is 0.0224. The van der Waals surface area contributed by atoms with E-state index in [1.54, 1.807) is 19.1 Å². The number of para-hydroxylation sites is 1. The minimum Gasteiger partial charge on any atom is -0.336 e. The van der Waals surface area contributed by atoms with E-state index in [4.69, 9.17) is 12.2 Å². The first-order chi connectivity index (χ1) is 11.0. The lowest BCUT2D eigenvalue weighted by molar-refractivity contribution is -0.119. The highest BCUT2D eigenvalue weighted by atomic mass is 32.1. The van der Waals surface area contributed by atoms with Crippen molar-refractivity contribution in [1.29, 1.82) is 0 Å². The highest BCUT2D eigenvalue weighted by molar-refractivity contribution is 7.80. The van der Waals surface area contributed by atoms with E-state index in [-0.39, 0.29) is 16.9 Å². The van der Waals surface area contributed by atoms with Crippen LogP contribution in [0.4, 0.5) is 5.69 Å². The molecule has 1 aliphatic rings. The van der Waals surface area contributed by atoms with Crippen molar-refractivity contribution in [3.63, 3.8) is 0 Å². The number of anilines is 1. The third-order valence-electron chi connectivity index (χ3n) is 3.77. The number of carbonyl (C=O) groups is 2. The number of nitrogens with zero attached hydrogens (tertiary/aromatic N) is 2. The van der Waals surface area contributed by atoms with Gasteiger partial charge in [-0.05, 0) is 31.4 Å². The zero-order chi connectivity index (χ0) is 16.8. The number of piperazine rings is 1. The minimum atomic E-state index is -0.162. The lowest BCUT2D eigenvalue weighted by atomic mass is 10.1. The monoisotopic (exact) mass is 334 g/mol. The number of nitrogens with one attached hydrogen (secondary N) is 2. The fourth-order valence-electron chi connectivity index (χ4n) is 2.33. The standard InChI is InChI=1S/C16H22N4O2S/c1-3-14(21)18-16(23)17-13-7-5-4-6-12(13)15(22)20-10-8-19(2)9-11-20/h4-7H,3,8-11H2,1-2H3,(H2,17,18,21,23). The zero-order valence-electron chi connectivity index (χ0n) is 13.5. The number of hydrogen-bond acceptors (Lipinski definition) is 4. The predicted molar refractivity (Wildman–Crippen MR) is 94.5 cm³/mol. The summed E-state index contributed by atoms with van der Waals surface area (Å²) in [7, 11) is 2.05. The summed E-state index contributed by atoms with van der Waals surface area (Å²) < 4.78 is 0. The summed E-state index contributed by atoms with van der Waals surface area (Å²) >= 11 is 5.12. The third kappa shape index (κ3) is 4.74. The van der Waals surface area contributed by atoms with Gasteiger partial charge in [0, 0.05) is 32.6 Å². The highest BCUT2D eigenvalue weighted by Crippen LogP contribution is 2.18. The number of amides is 2. The van der Waals surface area contributed by atoms with Gasteiger partial charge < -0.3 is 20.4 Å². The Balaban J connectivity index is 2.09. The molecule has 0 spiro atoms. The molecule has 0 radical (unpaired) electrons. The molecule has 0 saturated carbocycles. The van der Waals surface area contributed by atoms with Crippen LogP contribution in [0.2, 0.25) is 0 Å². The Hall–Kier alpha value is -1.99. The van der Waals surface area contributed by atoms with Gasteiger partial charge in [-0.3, -0.25) is 9.59 Å². The molecule has 0 atom stereocenters. The summed E-state index contributed by atoms with van der Waals surface area (Å²) in [5, 5.41) is 5.73. The van der Waals surface area contributed by atoms with Gasteiger partial charge in [0.15, 0.2) is 5.11 Å². The van der Waals surface area contributed by atoms with E-state index in [0.717, 1.165) is 13.1 Å². The summed E-state index contributed by atoms with van der Waals surface area (Å²) in [6.45, 7) is 4.91. The van der Waals surface area contributed by atoms with Crippen molar-refractivity contribution >= 4 is 34.8 Å². The van der Waals surface area contributed by atoms with E-state index in [2.05, 4.69) is 15.5 Å². The van der Waals surface area contributed by atoms with Crippen molar-refractivity contribution in [2.75, 3.05) is 38.5 Å². The molecule has 1 fully saturated rings. The molecule has 1 saturated heterocycles. The second-order valence-electron chi connectivity index (χ2n) is 5.50. The number of hydrogen-bond donors (Lipinski definition) is 2. The lowest BCUT2D eigenvalue weighted by Crippen LogP contribution is -2.47. The van der Waals surface area contributed by atoms with Crippen LogP contribution in [0.15, 0.2) is 24.3 Å². The van der Waals surface area contributed by atoms with Gasteiger partial charge in [0.05, 0.1) is 11.3 Å². The maximum atomic E-state index is 12.7. The SMILES string of the molecule is CCC(=O)NC(=S)Nc1ccccc1C(=O)N1CCN(C)CC1. The number of rotatable bonds is 3. The molecule has 1 aliphatic heterocycles. The molecule has 1 aromatic carbocycles. The molecule has 1 heterocycles. The van der Waals surface area contributed by atoms with Gasteiger partial charge in [-0.15, -0.1) is 0 Å². The predicted octanol–water partition coefficient (Wildman–Crippen LogP) is 1.30. The van der Waals surface area contributed by atoms with Gasteiger partial charge in [0.25, 0.3) is 5.91 Å². The third-order valence-corrected chi connectivity index (χ3v) is 3.97. The van der Waals surface area contributed by atoms with Crippen LogP contribution in [0, 0.1) is 0 Å². The fourth-order valence-corrected chi connectivity index (χ4v) is 2.55. The molecule has 124 valence electrons. The van der Waals surface area contributed by atoms with Gasteiger partial charge in [0.1, 0.15) is 0 Å². The maximum absolute atomic E-state index is 12.7. The normalized spacial score (nSPS) is 15.1. The molecule has 0 aliphatic carbocycles. The second-order valence-corrected chi connectivity index (χ2v) is 5.91. The van der Waals surface area contributed by atoms with Crippen molar-refractivity contribution in [2.45, 2.75) is 13.3 Å². The summed E-state index contributed by atoms with van der Waals surface area (Å²) in [5.74, 6) is -0.184. The van der Waals surface area contributed by atoms with Gasteiger partial charge in [-0.1, -0.05) is 19.1 Å². The van der Waals surface area contributed by atoms with Crippen LogP contribution in [0.1, 0.15) is 23.7 Å². The molecule has 0 unspecified atom stereocenters. The molecule has 23 heavy (non-hydrogen) atoms. The van der Waals surface area contributed by atoms with Crippen molar-refractivity contribution in [3.05, 3.63) is 29.8 Å². The van der Waals surface area contributed by atoms with E-state index in [1.807, 2.05) is 24.1 Å². The van der Waals surface area contributed by atoms with Crippen molar-refractivity contribution in [3.8, 4) is 0 Å². The first kappa shape index (κ1) is 17.4. The molecule has 2 rings (SSSR count). The molecule has 0 aromatic heterocycles. The van der Waals surface area contributed by atoms with E-state index in [1.165, 1.54) is 0 Å². The molecule has 2 amide bonds. The summed E-state index contributed by atoms with van der Waals surface area (Å²) in [5.41, 5.74) is 1.17. The van der Waals surface area contributed by atoms with Gasteiger partial charge in [0.2, 0.25) is 5.91 Å². The topological polar surface area (TPSA) is 64.7 Å². The number of benzene rings is 1. The van der Waals surface area contributed by atoms with Crippen LogP contribution in [0.25, 0.3) is 0 Å². The quantitative estimate of drug-likeness (QED) is 0.816. The molecular weight excluding hydrogens is 312 g/mol. The lowest BCUT2D eigenvalue weighted by Gasteiger charge is -2.32. The fraction of sp³-hybridized carbons (Fsp3) is 0.438. The molecule has 0 bridgehead atoms. The number of thiocarbonyl (C=S) groups is 1. The average Bonchev–Trinajstić information content (AvgIpc) is 2.55. The maximum Gasteiger partial charge on any atom is 0.256 e. The molecule has 1 aromatic rings. The van der Waals surface area contributed by atoms with Crippen molar-refractivity contribution in [1.82, 2.24) is 15.1 Å². The van der Waals surface area contributed by atoms with Gasteiger partial charge in [-0.25, -0.2) is 0 Å². The van der Waals surface area contributed by atoms with Gasteiger partial charge in [-0.2, -0.15) is 0 Å². The van der Waals surface area contributed by atoms with Crippen LogP contribution in [0.3, 0.4) is 0 Å². The zero-order valence-corrected chi connectivity index (χ0v) is 14.3. The summed E-state index contributed by atoms with van der Waals surface area (Å²) in [6, 6.07) is 7.20. The Morgan fingerprint density at radius 1 is 1.17 bits per heavy atom. The molecular formula is C16H22N4O2S. The van der Waals surface area contributed by atoms with Gasteiger partial charge >= 0.3 is 0 Å². The highest BCUT2D eigenvalue weighted by Gasteiger charge is 2.22. The average molecular weight is 334 g/mol. The molecule has 6 nitrogen and oxygen atoms in total. The smallest absolute Gasteiger partial charge is 0.256 e. The number of likely N-dealkylation sites (N-methyl/N-ethyl adjacent to an activating group) is 1. The second kappa shape index (κ2) is 8.03. The summed E-state index contributed by atoms with van der Waals surface area (Å²) in [6.07, 6.45) is 0.351. The Kier molecular flexibility index (Phi) is 6.06. The Bertz CT molecular complexity index is 597. The van der Waals surface area contributed by atoms with E-state index < -0.39 is 0 Å². The largest absolute Gasteiger partial charge is 0.336 e. The number of carbonyl (C=O) groups excluding carboxylic acids is 2. The van der Waals surface area contributed by atoms with Crippen LogP contribution < -0.4 is 10.6 Å². The molecule has 2 N–H and O–H groups in total. The Morgan fingerprint density at radius 2 is 1.83 bits per heavy atom. The van der Waals surface area contributed by atoms with Crippen LogP contribution >= 0.6 is 12.2 Å². The Labute approximate surface area is 141 Å². The van der Waals surface area contributed by atoms with E-state index >= 15 is 0 Å². The first-order valence-corrected chi connectivity index (χ1v) is 8.09. The van der Waals surface area contributed by atoms with E-state index in [0.29, 0.717) is 30.8 Å². The molecule has 7 heteroatoms. The van der Waals surface area contributed by atoms with Crippen molar-refractivity contribution < 1.29 is 9.59 Å². The Morgan fingerprint density at radius 3 is 2.48 bits per heavy atom. The summed E-state index contributed by atoms with van der Waals surface area (Å²) in [4.78, 5) is 28.2. The first-order valence-electron chi connectivity index (χ1n) is 7.69. The van der Waals surface area contributed by atoms with Crippen molar-refractivity contribution in [2.24, 2.45) is 0 Å². The van der Waals surface area contributed by atoms with Crippen LogP contribution in [0.5, 0.6) is 0 Å². The van der Waals surface area contributed by atoms with Crippen LogP contribution in [-0.2, 0) is 4.79 Å². The van der Waals surface area contributed by atoms with E-state index in [9.17, 15) is 9.59 Å². The van der Waals surface area contributed by atoms with Crippen LogP contribution in [-0.4, -0.2) is 60.0 Å².